The van der Waals surface area contributed by atoms with Crippen LogP contribution in [0.1, 0.15) is 43.0 Å². The van der Waals surface area contributed by atoms with E-state index in [0.717, 1.165) is 17.1 Å². The topological polar surface area (TPSA) is 102 Å². The maximum Gasteiger partial charge on any atom is 0.331 e. The van der Waals surface area contributed by atoms with E-state index in [9.17, 15) is 18.0 Å². The van der Waals surface area contributed by atoms with Crippen molar-refractivity contribution in [2.75, 3.05) is 25.1 Å². The predicted molar refractivity (Wildman–Crippen MR) is 120 cm³/mol. The third-order valence-corrected chi connectivity index (χ3v) is 7.45. The number of nitrogens with one attached hydrogen (secondary N) is 1. The van der Waals surface area contributed by atoms with Gasteiger partial charge in [0.15, 0.2) is 0 Å². The Morgan fingerprint density at radius 2 is 1.75 bits per heavy atom. The molecule has 0 aromatic heterocycles. The molecular weight excluding hydrogens is 432 g/mol. The van der Waals surface area contributed by atoms with Crippen LogP contribution in [-0.2, 0) is 19.6 Å². The molecule has 0 heterocycles. The highest BCUT2D eigenvalue weighted by molar-refractivity contribution is 7.92. The number of esters is 1. The molecule has 0 bridgehead atoms. The zero-order valence-electron chi connectivity index (χ0n) is 18.5. The van der Waals surface area contributed by atoms with Crippen molar-refractivity contribution in [3.05, 3.63) is 54.1 Å². The summed E-state index contributed by atoms with van der Waals surface area (Å²) in [5.41, 5.74) is -0.459. The number of carbonyl (C=O) groups excluding carboxylic acids is 2. The number of hydrogen-bond donors (Lipinski definition) is 1. The summed E-state index contributed by atoms with van der Waals surface area (Å²) < 4.78 is 37.7. The fourth-order valence-electron chi connectivity index (χ4n) is 3.80. The van der Waals surface area contributed by atoms with Gasteiger partial charge in [0.05, 0.1) is 24.3 Å². The Morgan fingerprint density at radius 1 is 1.09 bits per heavy atom. The lowest BCUT2D eigenvalue weighted by molar-refractivity contribution is -0.150. The Bertz CT molecular complexity index is 1080. The highest BCUT2D eigenvalue weighted by Crippen LogP contribution is 2.31. The van der Waals surface area contributed by atoms with E-state index in [2.05, 4.69) is 5.32 Å². The predicted octanol–water partition coefficient (Wildman–Crippen LogP) is 3.13. The SMILES string of the molecule is CCOC(=O)C1(NC(=O)c2cccc(S(=O)(=O)N(C)c3ccc(OC)cc3)c2)CCCC1. The molecule has 1 saturated carbocycles. The Morgan fingerprint density at radius 3 is 2.34 bits per heavy atom. The molecule has 0 atom stereocenters. The summed E-state index contributed by atoms with van der Waals surface area (Å²) in [7, 11) is -0.940. The van der Waals surface area contributed by atoms with Gasteiger partial charge in [0.2, 0.25) is 0 Å². The van der Waals surface area contributed by atoms with Crippen molar-refractivity contribution >= 4 is 27.6 Å². The molecule has 32 heavy (non-hydrogen) atoms. The number of nitrogens with zero attached hydrogens (tertiary/aromatic N) is 1. The number of rotatable bonds is 8. The standard InChI is InChI=1S/C23H28N2O6S/c1-4-31-22(27)23(14-5-6-15-23)24-21(26)17-8-7-9-20(16-17)32(28,29)25(2)18-10-12-19(30-3)13-11-18/h7-13,16H,4-6,14-15H2,1-3H3,(H,24,26). The smallest absolute Gasteiger partial charge is 0.331 e. The quantitative estimate of drug-likeness (QED) is 0.608. The minimum absolute atomic E-state index is 0.0277. The second-order valence-electron chi connectivity index (χ2n) is 7.66. The number of amides is 1. The minimum Gasteiger partial charge on any atom is -0.497 e. The van der Waals surface area contributed by atoms with E-state index in [4.69, 9.17) is 9.47 Å². The molecule has 1 fully saturated rings. The Balaban J connectivity index is 1.84. The minimum atomic E-state index is -3.91. The van der Waals surface area contributed by atoms with E-state index in [1.165, 1.54) is 38.4 Å². The van der Waals surface area contributed by atoms with Gasteiger partial charge in [-0.25, -0.2) is 13.2 Å². The van der Waals surface area contributed by atoms with E-state index in [0.29, 0.717) is 24.3 Å². The number of sulfonamides is 1. The molecule has 0 spiro atoms. The van der Waals surface area contributed by atoms with Gasteiger partial charge in [-0.3, -0.25) is 9.10 Å². The molecule has 1 aliphatic rings. The number of benzene rings is 2. The average Bonchev–Trinajstić information content (AvgIpc) is 3.28. The molecule has 0 radical (unpaired) electrons. The molecule has 9 heteroatoms. The van der Waals surface area contributed by atoms with E-state index in [1.54, 1.807) is 31.2 Å². The highest BCUT2D eigenvalue weighted by Gasteiger charge is 2.44. The fraction of sp³-hybridized carbons (Fsp3) is 0.391. The van der Waals surface area contributed by atoms with Gasteiger partial charge in [0.1, 0.15) is 11.3 Å². The molecule has 1 N–H and O–H groups in total. The normalized spacial score (nSPS) is 15.1. The number of hydrogen-bond acceptors (Lipinski definition) is 6. The van der Waals surface area contributed by atoms with E-state index in [1.807, 2.05) is 0 Å². The Labute approximate surface area is 188 Å². The molecule has 3 rings (SSSR count). The van der Waals surface area contributed by atoms with Crippen molar-refractivity contribution in [1.29, 1.82) is 0 Å². The molecule has 2 aromatic carbocycles. The van der Waals surface area contributed by atoms with Gasteiger partial charge in [-0.1, -0.05) is 18.9 Å². The van der Waals surface area contributed by atoms with Crippen LogP contribution >= 0.6 is 0 Å². The number of anilines is 1. The monoisotopic (exact) mass is 460 g/mol. The highest BCUT2D eigenvalue weighted by atomic mass is 32.2. The molecule has 0 saturated heterocycles. The van der Waals surface area contributed by atoms with Gasteiger partial charge in [-0.15, -0.1) is 0 Å². The second kappa shape index (κ2) is 9.60. The number of methoxy groups -OCH3 is 1. The summed E-state index contributed by atoms with van der Waals surface area (Å²) in [6, 6.07) is 12.4. The van der Waals surface area contributed by atoms with Gasteiger partial charge in [-0.05, 0) is 62.2 Å². The van der Waals surface area contributed by atoms with Crippen LogP contribution in [0, 0.1) is 0 Å². The molecule has 172 valence electrons. The summed E-state index contributed by atoms with van der Waals surface area (Å²) in [5.74, 6) is -0.348. The summed E-state index contributed by atoms with van der Waals surface area (Å²) >= 11 is 0. The summed E-state index contributed by atoms with van der Waals surface area (Å²) in [6.07, 6.45) is 2.60. The van der Waals surface area contributed by atoms with Crippen LogP contribution in [0.15, 0.2) is 53.4 Å². The van der Waals surface area contributed by atoms with Gasteiger partial charge in [0, 0.05) is 12.6 Å². The molecule has 2 aromatic rings. The molecule has 8 nitrogen and oxygen atoms in total. The van der Waals surface area contributed by atoms with E-state index in [-0.39, 0.29) is 17.1 Å². The average molecular weight is 461 g/mol. The molecule has 1 amide bonds. The first kappa shape index (κ1) is 23.6. The first-order valence-corrected chi connectivity index (χ1v) is 11.9. The summed E-state index contributed by atoms with van der Waals surface area (Å²) in [6.45, 7) is 1.94. The van der Waals surface area contributed by atoms with Gasteiger partial charge < -0.3 is 14.8 Å². The zero-order chi connectivity index (χ0) is 23.4. The van der Waals surface area contributed by atoms with Crippen molar-refractivity contribution < 1.29 is 27.5 Å². The number of ether oxygens (including phenoxy) is 2. The van der Waals surface area contributed by atoms with Crippen LogP contribution in [0.25, 0.3) is 0 Å². The summed E-state index contributed by atoms with van der Waals surface area (Å²) in [5, 5.41) is 2.81. The van der Waals surface area contributed by atoms with Gasteiger partial charge in [0.25, 0.3) is 15.9 Å². The molecular formula is C23H28N2O6S. The van der Waals surface area contributed by atoms with Crippen LogP contribution in [0.4, 0.5) is 5.69 Å². The summed E-state index contributed by atoms with van der Waals surface area (Å²) in [4.78, 5) is 25.4. The second-order valence-corrected chi connectivity index (χ2v) is 9.63. The Kier molecular flexibility index (Phi) is 7.08. The van der Waals surface area contributed by atoms with Crippen LogP contribution in [0.2, 0.25) is 0 Å². The largest absolute Gasteiger partial charge is 0.497 e. The van der Waals surface area contributed by atoms with Gasteiger partial charge >= 0.3 is 5.97 Å². The van der Waals surface area contributed by atoms with Crippen molar-refractivity contribution in [3.8, 4) is 5.75 Å². The first-order chi connectivity index (χ1) is 15.2. The lowest BCUT2D eigenvalue weighted by atomic mass is 9.97. The van der Waals surface area contributed by atoms with E-state index >= 15 is 0 Å². The molecule has 0 unspecified atom stereocenters. The maximum atomic E-state index is 13.2. The maximum absolute atomic E-state index is 13.2. The fourth-order valence-corrected chi connectivity index (χ4v) is 5.05. The first-order valence-electron chi connectivity index (χ1n) is 10.5. The van der Waals surface area contributed by atoms with Crippen molar-refractivity contribution in [1.82, 2.24) is 5.32 Å². The molecule has 0 aliphatic heterocycles. The van der Waals surface area contributed by atoms with E-state index < -0.39 is 27.4 Å². The number of carbonyl (C=O) groups is 2. The van der Waals surface area contributed by atoms with Crippen LogP contribution in [0.3, 0.4) is 0 Å². The third kappa shape index (κ3) is 4.72. The van der Waals surface area contributed by atoms with Crippen LogP contribution < -0.4 is 14.4 Å². The van der Waals surface area contributed by atoms with Crippen molar-refractivity contribution in [3.63, 3.8) is 0 Å². The van der Waals surface area contributed by atoms with Crippen LogP contribution in [0.5, 0.6) is 5.75 Å². The van der Waals surface area contributed by atoms with Crippen molar-refractivity contribution in [2.45, 2.75) is 43.0 Å². The zero-order valence-corrected chi connectivity index (χ0v) is 19.3. The van der Waals surface area contributed by atoms with Crippen molar-refractivity contribution in [2.24, 2.45) is 0 Å². The molecule has 1 aliphatic carbocycles. The lowest BCUT2D eigenvalue weighted by Gasteiger charge is -2.28. The third-order valence-electron chi connectivity index (χ3n) is 5.67. The van der Waals surface area contributed by atoms with Crippen LogP contribution in [-0.4, -0.2) is 46.6 Å². The lowest BCUT2D eigenvalue weighted by Crippen LogP contribution is -2.53. The van der Waals surface area contributed by atoms with Gasteiger partial charge in [-0.2, -0.15) is 0 Å². The Hall–Kier alpha value is -3.07.